The second-order valence-corrected chi connectivity index (χ2v) is 7.99. The van der Waals surface area contributed by atoms with Crippen molar-refractivity contribution < 1.29 is 9.90 Å². The van der Waals surface area contributed by atoms with Crippen molar-refractivity contribution in [3.63, 3.8) is 0 Å². The minimum absolute atomic E-state index is 0.0737. The van der Waals surface area contributed by atoms with Crippen LogP contribution < -0.4 is 21.3 Å². The van der Waals surface area contributed by atoms with Crippen molar-refractivity contribution >= 4 is 23.0 Å². The molecule has 1 saturated carbocycles. The Morgan fingerprint density at radius 3 is 2.48 bits per heavy atom. The summed E-state index contributed by atoms with van der Waals surface area (Å²) in [5.41, 5.74) is 8.16. The van der Waals surface area contributed by atoms with Crippen LogP contribution >= 0.6 is 0 Å². The molecule has 0 aromatic heterocycles. The number of benzene rings is 1. The number of nitrogens with zero attached hydrogens (tertiary/aromatic N) is 1. The molecule has 6 heteroatoms. The number of anilines is 3. The second kappa shape index (κ2) is 6.75. The number of nitrogens with one attached hydrogen (secondary N) is 2. The molecule has 0 bridgehead atoms. The van der Waals surface area contributed by atoms with Crippen LogP contribution in [0, 0.1) is 5.92 Å². The lowest BCUT2D eigenvalue weighted by Gasteiger charge is -2.46. The number of aliphatic hydroxyl groups is 1. The molecule has 1 amide bonds. The number of β-amino-alcohol motifs (C(OH)–C–C–N with tert-alkyl or cyclic N) is 1. The zero-order valence-corrected chi connectivity index (χ0v) is 15.4. The first-order valence-corrected chi connectivity index (χ1v) is 9.18. The van der Waals surface area contributed by atoms with Gasteiger partial charge in [0, 0.05) is 26.2 Å². The van der Waals surface area contributed by atoms with Gasteiger partial charge in [0.2, 0.25) is 0 Å². The average molecular weight is 346 g/mol. The summed E-state index contributed by atoms with van der Waals surface area (Å²) >= 11 is 0. The lowest BCUT2D eigenvalue weighted by molar-refractivity contribution is 0.0308. The van der Waals surface area contributed by atoms with E-state index in [1.165, 1.54) is 0 Å². The van der Waals surface area contributed by atoms with Gasteiger partial charge in [0.15, 0.2) is 0 Å². The molecular weight excluding hydrogens is 316 g/mol. The fourth-order valence-electron chi connectivity index (χ4n) is 3.88. The van der Waals surface area contributed by atoms with Crippen LogP contribution in [0.15, 0.2) is 12.1 Å². The summed E-state index contributed by atoms with van der Waals surface area (Å²) in [4.78, 5) is 14.9. The molecule has 1 aliphatic heterocycles. The van der Waals surface area contributed by atoms with E-state index < -0.39 is 5.60 Å². The Morgan fingerprint density at radius 2 is 1.92 bits per heavy atom. The van der Waals surface area contributed by atoms with Crippen LogP contribution in [-0.2, 0) is 0 Å². The molecule has 0 spiro atoms. The minimum Gasteiger partial charge on any atom is -0.397 e. The SMILES string of the molecule is CNc1cc(N2CC(C)(O)C2)c(C(=O)N[C@H]2CC[C@H](C)CC2)cc1N. The van der Waals surface area contributed by atoms with Crippen molar-refractivity contribution in [1.29, 1.82) is 0 Å². The Kier molecular flexibility index (Phi) is 4.82. The van der Waals surface area contributed by atoms with Crippen LogP contribution in [0.2, 0.25) is 0 Å². The molecule has 6 nitrogen and oxygen atoms in total. The maximum Gasteiger partial charge on any atom is 0.253 e. The quantitative estimate of drug-likeness (QED) is 0.628. The van der Waals surface area contributed by atoms with Crippen molar-refractivity contribution in [1.82, 2.24) is 5.32 Å². The lowest BCUT2D eigenvalue weighted by Crippen LogP contribution is -2.60. The third-order valence-electron chi connectivity index (χ3n) is 5.44. The number of amides is 1. The Morgan fingerprint density at radius 1 is 1.28 bits per heavy atom. The van der Waals surface area contributed by atoms with Crippen LogP contribution in [0.5, 0.6) is 0 Å². The van der Waals surface area contributed by atoms with E-state index in [2.05, 4.69) is 17.6 Å². The minimum atomic E-state index is -0.700. The van der Waals surface area contributed by atoms with E-state index in [1.54, 1.807) is 6.07 Å². The van der Waals surface area contributed by atoms with E-state index in [1.807, 2.05) is 24.9 Å². The van der Waals surface area contributed by atoms with E-state index in [9.17, 15) is 9.90 Å². The lowest BCUT2D eigenvalue weighted by atomic mass is 9.87. The number of rotatable bonds is 4. The summed E-state index contributed by atoms with van der Waals surface area (Å²) in [5, 5.41) is 16.3. The van der Waals surface area contributed by atoms with Crippen LogP contribution in [0.1, 0.15) is 49.9 Å². The normalized spacial score (nSPS) is 25.2. The molecule has 1 heterocycles. The molecule has 2 fully saturated rings. The highest BCUT2D eigenvalue weighted by Crippen LogP contribution is 2.35. The molecule has 0 atom stereocenters. The van der Waals surface area contributed by atoms with Crippen molar-refractivity contribution in [2.24, 2.45) is 5.92 Å². The summed E-state index contributed by atoms with van der Waals surface area (Å²) in [6, 6.07) is 3.89. The predicted octanol–water partition coefficient (Wildman–Crippen LogP) is 2.19. The van der Waals surface area contributed by atoms with Crippen molar-refractivity contribution in [3.8, 4) is 0 Å². The number of carbonyl (C=O) groups is 1. The van der Waals surface area contributed by atoms with Gasteiger partial charge in [0.25, 0.3) is 5.91 Å². The highest BCUT2D eigenvalue weighted by atomic mass is 16.3. The first-order chi connectivity index (χ1) is 11.8. The summed E-state index contributed by atoms with van der Waals surface area (Å²) in [6.45, 7) is 5.11. The summed E-state index contributed by atoms with van der Waals surface area (Å²) in [6.07, 6.45) is 4.39. The van der Waals surface area contributed by atoms with Gasteiger partial charge in [-0.1, -0.05) is 6.92 Å². The van der Waals surface area contributed by atoms with Gasteiger partial charge in [-0.3, -0.25) is 4.79 Å². The molecule has 5 N–H and O–H groups in total. The number of nitrogen functional groups attached to an aromatic ring is 1. The number of carbonyl (C=O) groups excluding carboxylic acids is 1. The van der Waals surface area contributed by atoms with Crippen molar-refractivity contribution in [3.05, 3.63) is 17.7 Å². The zero-order valence-electron chi connectivity index (χ0n) is 15.4. The average Bonchev–Trinajstić information content (AvgIpc) is 2.54. The highest BCUT2D eigenvalue weighted by molar-refractivity contribution is 6.02. The third-order valence-corrected chi connectivity index (χ3v) is 5.44. The molecule has 3 rings (SSSR count). The number of nitrogens with two attached hydrogens (primary N) is 1. The standard InChI is InChI=1S/C19H30N4O2/c1-12-4-6-13(7-5-12)22-18(24)14-8-15(20)16(21-3)9-17(14)23-10-19(2,25)11-23/h8-9,12-13,21,25H,4-7,10-11,20H2,1-3H3,(H,22,24)/t12-,13-. The molecule has 1 aromatic carbocycles. The van der Waals surface area contributed by atoms with Gasteiger partial charge in [-0.15, -0.1) is 0 Å². The first kappa shape index (κ1) is 17.9. The van der Waals surface area contributed by atoms with Gasteiger partial charge in [-0.05, 0) is 50.7 Å². The maximum atomic E-state index is 12.9. The van der Waals surface area contributed by atoms with E-state index in [0.717, 1.165) is 43.0 Å². The van der Waals surface area contributed by atoms with E-state index >= 15 is 0 Å². The smallest absolute Gasteiger partial charge is 0.253 e. The van der Waals surface area contributed by atoms with Gasteiger partial charge in [-0.2, -0.15) is 0 Å². The van der Waals surface area contributed by atoms with Crippen LogP contribution in [0.25, 0.3) is 0 Å². The Bertz CT molecular complexity index is 643. The topological polar surface area (TPSA) is 90.6 Å². The van der Waals surface area contributed by atoms with Crippen LogP contribution in [0.4, 0.5) is 17.1 Å². The fourth-order valence-corrected chi connectivity index (χ4v) is 3.88. The summed E-state index contributed by atoms with van der Waals surface area (Å²) < 4.78 is 0. The number of hydrogen-bond donors (Lipinski definition) is 4. The van der Waals surface area contributed by atoms with Gasteiger partial charge >= 0.3 is 0 Å². The Labute approximate surface area is 149 Å². The van der Waals surface area contributed by atoms with E-state index in [4.69, 9.17) is 5.73 Å². The fraction of sp³-hybridized carbons (Fsp3) is 0.632. The second-order valence-electron chi connectivity index (χ2n) is 7.99. The van der Waals surface area contributed by atoms with Crippen LogP contribution in [-0.4, -0.2) is 42.8 Å². The summed E-state index contributed by atoms with van der Waals surface area (Å²) in [7, 11) is 1.81. The van der Waals surface area contributed by atoms with Gasteiger partial charge in [0.1, 0.15) is 0 Å². The Hall–Kier alpha value is -1.95. The maximum absolute atomic E-state index is 12.9. The molecule has 0 radical (unpaired) electrons. The molecule has 1 aliphatic carbocycles. The molecule has 1 saturated heterocycles. The Balaban J connectivity index is 1.81. The summed E-state index contributed by atoms with van der Waals surface area (Å²) in [5.74, 6) is 0.674. The first-order valence-electron chi connectivity index (χ1n) is 9.18. The molecule has 138 valence electrons. The van der Waals surface area contributed by atoms with Crippen LogP contribution in [0.3, 0.4) is 0 Å². The van der Waals surface area contributed by atoms with E-state index in [0.29, 0.717) is 24.3 Å². The third kappa shape index (κ3) is 3.84. The molecule has 25 heavy (non-hydrogen) atoms. The molecule has 2 aliphatic rings. The molecular formula is C19H30N4O2. The largest absolute Gasteiger partial charge is 0.397 e. The van der Waals surface area contributed by atoms with Gasteiger partial charge in [0.05, 0.1) is 28.2 Å². The van der Waals surface area contributed by atoms with Crippen molar-refractivity contribution in [2.45, 2.75) is 51.2 Å². The number of hydrogen-bond acceptors (Lipinski definition) is 5. The predicted molar refractivity (Wildman–Crippen MR) is 102 cm³/mol. The zero-order chi connectivity index (χ0) is 18.2. The monoisotopic (exact) mass is 346 g/mol. The van der Waals surface area contributed by atoms with Crippen molar-refractivity contribution in [2.75, 3.05) is 36.1 Å². The van der Waals surface area contributed by atoms with E-state index in [-0.39, 0.29) is 11.9 Å². The molecule has 0 unspecified atom stereocenters. The van der Waals surface area contributed by atoms with Gasteiger partial charge in [-0.25, -0.2) is 0 Å². The highest BCUT2D eigenvalue weighted by Gasteiger charge is 2.38. The molecule has 1 aromatic rings. The van der Waals surface area contributed by atoms with Gasteiger partial charge < -0.3 is 26.4 Å².